The van der Waals surface area contributed by atoms with Crippen LogP contribution in [0.1, 0.15) is 63.9 Å². The number of ether oxygens (including phenoxy) is 1. The van der Waals surface area contributed by atoms with Gasteiger partial charge in [0.2, 0.25) is 0 Å². The lowest BCUT2D eigenvalue weighted by Gasteiger charge is -2.15. The number of pyridine rings is 1. The van der Waals surface area contributed by atoms with E-state index in [2.05, 4.69) is 17.2 Å². The van der Waals surface area contributed by atoms with Crippen molar-refractivity contribution in [1.82, 2.24) is 14.3 Å². The van der Waals surface area contributed by atoms with Gasteiger partial charge in [0.15, 0.2) is 0 Å². The number of anilines is 1. The molecule has 9 heteroatoms. The molecule has 1 N–H and O–H groups in total. The van der Waals surface area contributed by atoms with Gasteiger partial charge in [-0.05, 0) is 37.5 Å². The van der Waals surface area contributed by atoms with Gasteiger partial charge in [0.25, 0.3) is 11.5 Å². The zero-order valence-electron chi connectivity index (χ0n) is 19.6. The lowest BCUT2D eigenvalue weighted by Crippen LogP contribution is -2.29. The van der Waals surface area contributed by atoms with Crippen molar-refractivity contribution in [2.24, 2.45) is 0 Å². The molecule has 7 nitrogen and oxygen atoms in total. The number of unbranched alkanes of at least 4 members (excludes halogenated alkanes) is 5. The molecule has 2 aromatic heterocycles. The van der Waals surface area contributed by atoms with Crippen molar-refractivity contribution < 1.29 is 9.53 Å². The highest BCUT2D eigenvalue weighted by Crippen LogP contribution is 2.33. The van der Waals surface area contributed by atoms with Gasteiger partial charge in [0, 0.05) is 25.9 Å². The number of nitrogens with one attached hydrogen (secondary N) is 1. The second kappa shape index (κ2) is 12.0. The fourth-order valence-electron chi connectivity index (χ4n) is 4.26. The second-order valence-corrected chi connectivity index (χ2v) is 10.4. The van der Waals surface area contributed by atoms with Gasteiger partial charge in [0.05, 0.1) is 16.6 Å². The molecule has 0 saturated carbocycles. The number of carbonyl (C=O) groups excluding carboxylic acids is 1. The molecule has 4 heterocycles. The predicted molar refractivity (Wildman–Crippen MR) is 142 cm³/mol. The fourth-order valence-corrected chi connectivity index (χ4v) is 5.55. The van der Waals surface area contributed by atoms with Crippen LogP contribution in [0.15, 0.2) is 34.1 Å². The van der Waals surface area contributed by atoms with Crippen LogP contribution in [0.3, 0.4) is 0 Å². The summed E-state index contributed by atoms with van der Waals surface area (Å²) in [5.74, 6) is 0.332. The summed E-state index contributed by atoms with van der Waals surface area (Å²) < 4.78 is 7.76. The summed E-state index contributed by atoms with van der Waals surface area (Å²) >= 11 is 6.75. The van der Waals surface area contributed by atoms with Gasteiger partial charge in [-0.25, -0.2) is 4.98 Å². The molecule has 0 aromatic carbocycles. The van der Waals surface area contributed by atoms with E-state index < -0.39 is 0 Å². The SMILES string of the molecule is CCCCCCCCN1C(=O)/C(=C\c2c(NCC3CCCO3)nc3ccccn3c2=O)SC1=S. The number of thiocarbonyl (C=S) groups is 1. The molecule has 0 spiro atoms. The van der Waals surface area contributed by atoms with Crippen LogP contribution in [0.25, 0.3) is 11.7 Å². The van der Waals surface area contributed by atoms with E-state index >= 15 is 0 Å². The Labute approximate surface area is 210 Å². The lowest BCUT2D eigenvalue weighted by atomic mass is 10.1. The average Bonchev–Trinajstić information content (AvgIpc) is 3.45. The Morgan fingerprint density at radius 3 is 2.85 bits per heavy atom. The molecule has 2 aromatic rings. The van der Waals surface area contributed by atoms with Crippen LogP contribution in [-0.4, -0.2) is 50.3 Å². The summed E-state index contributed by atoms with van der Waals surface area (Å²) in [6.07, 6.45) is 12.3. The quantitative estimate of drug-likeness (QED) is 0.269. The van der Waals surface area contributed by atoms with Crippen LogP contribution < -0.4 is 10.9 Å². The van der Waals surface area contributed by atoms with Crippen LogP contribution in [0.2, 0.25) is 0 Å². The van der Waals surface area contributed by atoms with Gasteiger partial charge in [0.1, 0.15) is 15.8 Å². The van der Waals surface area contributed by atoms with Gasteiger partial charge in [-0.2, -0.15) is 0 Å². The maximum atomic E-state index is 13.3. The number of amides is 1. The molecular formula is C25H32N4O3S2. The van der Waals surface area contributed by atoms with Crippen molar-refractivity contribution in [3.8, 4) is 0 Å². The van der Waals surface area contributed by atoms with Crippen LogP contribution in [0.4, 0.5) is 5.82 Å². The number of rotatable bonds is 11. The van der Waals surface area contributed by atoms with E-state index in [1.165, 1.54) is 41.8 Å². The topological polar surface area (TPSA) is 75.9 Å². The molecule has 34 heavy (non-hydrogen) atoms. The van der Waals surface area contributed by atoms with Crippen molar-refractivity contribution in [3.63, 3.8) is 0 Å². The molecule has 2 saturated heterocycles. The molecule has 0 aliphatic carbocycles. The Balaban J connectivity index is 1.54. The maximum absolute atomic E-state index is 13.3. The van der Waals surface area contributed by atoms with E-state index in [1.807, 2.05) is 6.07 Å². The van der Waals surface area contributed by atoms with Crippen molar-refractivity contribution in [3.05, 3.63) is 45.2 Å². The first-order valence-electron chi connectivity index (χ1n) is 12.2. The highest BCUT2D eigenvalue weighted by molar-refractivity contribution is 8.26. The monoisotopic (exact) mass is 500 g/mol. The van der Waals surface area contributed by atoms with E-state index in [-0.39, 0.29) is 17.6 Å². The molecule has 1 unspecified atom stereocenters. The van der Waals surface area contributed by atoms with Crippen molar-refractivity contribution in [1.29, 1.82) is 0 Å². The van der Waals surface area contributed by atoms with Crippen LogP contribution in [0.5, 0.6) is 0 Å². The molecule has 4 rings (SSSR count). The summed E-state index contributed by atoms with van der Waals surface area (Å²) in [4.78, 5) is 33.3. The van der Waals surface area contributed by atoms with Crippen molar-refractivity contribution in [2.45, 2.75) is 64.4 Å². The van der Waals surface area contributed by atoms with Gasteiger partial charge >= 0.3 is 0 Å². The first-order valence-corrected chi connectivity index (χ1v) is 13.4. The third-order valence-corrected chi connectivity index (χ3v) is 7.55. The highest BCUT2D eigenvalue weighted by atomic mass is 32.2. The summed E-state index contributed by atoms with van der Waals surface area (Å²) in [6.45, 7) is 4.14. The second-order valence-electron chi connectivity index (χ2n) is 8.73. The van der Waals surface area contributed by atoms with Crippen LogP contribution >= 0.6 is 24.0 Å². The first-order chi connectivity index (χ1) is 16.6. The standard InChI is InChI=1S/C25H32N4O3S2/c1-2-3-4-5-6-8-14-29-24(31)20(34-25(29)33)16-19-22(26-17-18-11-10-15-32-18)27-21-12-7-9-13-28(21)23(19)30/h7,9,12-13,16,18,26H,2-6,8,10-11,14-15,17H2,1H3/b20-16+. The van der Waals surface area contributed by atoms with Gasteiger partial charge in [-0.15, -0.1) is 0 Å². The minimum atomic E-state index is -0.221. The van der Waals surface area contributed by atoms with E-state index in [4.69, 9.17) is 17.0 Å². The molecule has 0 radical (unpaired) electrons. The number of hydrogen-bond acceptors (Lipinski definition) is 7. The number of aromatic nitrogens is 2. The number of fused-ring (bicyclic) bond motifs is 1. The van der Waals surface area contributed by atoms with Crippen molar-refractivity contribution in [2.75, 3.05) is 25.0 Å². The summed E-state index contributed by atoms with van der Waals surface area (Å²) in [6, 6.07) is 5.43. The van der Waals surface area contributed by atoms with Crippen LogP contribution in [-0.2, 0) is 9.53 Å². The zero-order chi connectivity index (χ0) is 23.9. The Morgan fingerprint density at radius 2 is 2.06 bits per heavy atom. The zero-order valence-corrected chi connectivity index (χ0v) is 21.3. The molecule has 2 aliphatic heterocycles. The number of nitrogens with zero attached hydrogens (tertiary/aromatic N) is 3. The van der Waals surface area contributed by atoms with E-state index in [1.54, 1.807) is 29.3 Å². The van der Waals surface area contributed by atoms with E-state index in [9.17, 15) is 9.59 Å². The molecule has 182 valence electrons. The van der Waals surface area contributed by atoms with Crippen LogP contribution in [0, 0.1) is 0 Å². The smallest absolute Gasteiger partial charge is 0.267 e. The minimum Gasteiger partial charge on any atom is -0.376 e. The molecule has 1 atom stereocenters. The Hall–Kier alpha value is -2.23. The predicted octanol–water partition coefficient (Wildman–Crippen LogP) is 4.85. The molecule has 1 amide bonds. The van der Waals surface area contributed by atoms with Crippen molar-refractivity contribution >= 4 is 51.7 Å². The number of hydrogen-bond donors (Lipinski definition) is 1. The Bertz CT molecular complexity index is 1120. The first kappa shape index (κ1) is 24.9. The van der Waals surface area contributed by atoms with E-state index in [0.717, 1.165) is 32.3 Å². The minimum absolute atomic E-state index is 0.0967. The normalized spacial score (nSPS) is 19.6. The maximum Gasteiger partial charge on any atom is 0.267 e. The summed E-state index contributed by atoms with van der Waals surface area (Å²) in [7, 11) is 0. The number of thioether (sulfide) groups is 1. The Kier molecular flexibility index (Phi) is 8.74. The largest absolute Gasteiger partial charge is 0.376 e. The molecular weight excluding hydrogens is 468 g/mol. The average molecular weight is 501 g/mol. The fraction of sp³-hybridized carbons (Fsp3) is 0.520. The molecule has 2 fully saturated rings. The van der Waals surface area contributed by atoms with Gasteiger partial charge < -0.3 is 10.1 Å². The third kappa shape index (κ3) is 5.87. The Morgan fingerprint density at radius 1 is 1.24 bits per heavy atom. The summed E-state index contributed by atoms with van der Waals surface area (Å²) in [5.41, 5.74) is 0.693. The van der Waals surface area contributed by atoms with Gasteiger partial charge in [-0.1, -0.05) is 69.1 Å². The van der Waals surface area contributed by atoms with E-state index in [0.29, 0.717) is 39.3 Å². The molecule has 2 aliphatic rings. The number of carbonyl (C=O) groups is 1. The highest BCUT2D eigenvalue weighted by Gasteiger charge is 2.32. The van der Waals surface area contributed by atoms with Gasteiger partial charge in [-0.3, -0.25) is 18.9 Å². The third-order valence-electron chi connectivity index (χ3n) is 6.17. The lowest BCUT2D eigenvalue weighted by molar-refractivity contribution is -0.122. The summed E-state index contributed by atoms with van der Waals surface area (Å²) in [5, 5.41) is 3.30. The molecule has 0 bridgehead atoms.